The van der Waals surface area contributed by atoms with Gasteiger partial charge >= 0.3 is 0 Å². The van der Waals surface area contributed by atoms with E-state index in [0.717, 1.165) is 13.1 Å². The highest BCUT2D eigenvalue weighted by Gasteiger charge is 2.23. The van der Waals surface area contributed by atoms with Crippen LogP contribution in [-0.4, -0.2) is 49.1 Å². The molecule has 1 aliphatic heterocycles. The van der Waals surface area contributed by atoms with Crippen molar-refractivity contribution in [2.75, 3.05) is 27.2 Å². The quantitative estimate of drug-likeness (QED) is 0.602. The average molecular weight is 181 g/mol. The molecule has 0 aromatic carbocycles. The highest BCUT2D eigenvalue weighted by atomic mass is 15.2. The van der Waals surface area contributed by atoms with Crippen molar-refractivity contribution in [1.29, 1.82) is 5.26 Å². The van der Waals surface area contributed by atoms with Crippen LogP contribution in [-0.2, 0) is 0 Å². The largest absolute Gasteiger partial charge is 0.302 e. The van der Waals surface area contributed by atoms with E-state index in [4.69, 9.17) is 5.26 Å². The van der Waals surface area contributed by atoms with Gasteiger partial charge in [-0.2, -0.15) is 5.26 Å². The third-order valence-corrected chi connectivity index (χ3v) is 3.10. The van der Waals surface area contributed by atoms with E-state index in [0.29, 0.717) is 18.5 Å². The Morgan fingerprint density at radius 1 is 1.38 bits per heavy atom. The van der Waals surface area contributed by atoms with Gasteiger partial charge in [-0.1, -0.05) is 0 Å². The Labute approximate surface area is 80.9 Å². The second-order valence-corrected chi connectivity index (χ2v) is 4.07. The summed E-state index contributed by atoms with van der Waals surface area (Å²) in [6.07, 6.45) is 1.85. The topological polar surface area (TPSA) is 30.3 Å². The number of hydrogen-bond acceptors (Lipinski definition) is 3. The molecule has 0 amide bonds. The molecule has 0 aromatic heterocycles. The van der Waals surface area contributed by atoms with Crippen LogP contribution >= 0.6 is 0 Å². The summed E-state index contributed by atoms with van der Waals surface area (Å²) in [5.41, 5.74) is 0. The van der Waals surface area contributed by atoms with Crippen molar-refractivity contribution in [3.63, 3.8) is 0 Å². The van der Waals surface area contributed by atoms with Gasteiger partial charge in [0.05, 0.1) is 12.5 Å². The minimum atomic E-state index is 0.417. The zero-order chi connectivity index (χ0) is 9.84. The molecule has 3 nitrogen and oxygen atoms in total. The maximum atomic E-state index is 8.69. The first-order valence-corrected chi connectivity index (χ1v) is 4.92. The van der Waals surface area contributed by atoms with E-state index < -0.39 is 0 Å². The van der Waals surface area contributed by atoms with Crippen LogP contribution in [0.4, 0.5) is 0 Å². The third kappa shape index (κ3) is 2.68. The van der Waals surface area contributed by atoms with Gasteiger partial charge < -0.3 is 9.80 Å². The van der Waals surface area contributed by atoms with Crippen LogP contribution in [0.2, 0.25) is 0 Å². The zero-order valence-electron chi connectivity index (χ0n) is 8.82. The first-order valence-electron chi connectivity index (χ1n) is 4.92. The van der Waals surface area contributed by atoms with Crippen LogP contribution in [0, 0.1) is 11.3 Å². The molecule has 0 bridgehead atoms. The number of hydrogen-bond donors (Lipinski definition) is 0. The molecule has 2 atom stereocenters. The molecule has 3 heteroatoms. The Hall–Kier alpha value is -0.590. The third-order valence-electron chi connectivity index (χ3n) is 3.10. The molecule has 0 aliphatic carbocycles. The number of nitriles is 1. The van der Waals surface area contributed by atoms with Gasteiger partial charge in [-0.25, -0.2) is 0 Å². The molecule has 1 aliphatic rings. The Morgan fingerprint density at radius 2 is 2.08 bits per heavy atom. The van der Waals surface area contributed by atoms with Gasteiger partial charge in [0.15, 0.2) is 0 Å². The van der Waals surface area contributed by atoms with Crippen LogP contribution < -0.4 is 0 Å². The minimum Gasteiger partial charge on any atom is -0.302 e. The van der Waals surface area contributed by atoms with Gasteiger partial charge in [-0.15, -0.1) is 0 Å². The predicted molar refractivity (Wildman–Crippen MR) is 53.4 cm³/mol. The highest BCUT2D eigenvalue weighted by Crippen LogP contribution is 2.13. The Kier molecular flexibility index (Phi) is 3.71. The molecule has 1 rings (SSSR count). The standard InChI is InChI=1S/C10H19N3/c1-9-5-7-12(2)10(4-6-11)8-13(9)3/h9-10H,4-5,7-8H2,1-3H3. The smallest absolute Gasteiger partial charge is 0.0638 e. The van der Waals surface area contributed by atoms with E-state index in [1.165, 1.54) is 6.42 Å². The predicted octanol–water partition coefficient (Wildman–Crippen LogP) is 0.924. The lowest BCUT2D eigenvalue weighted by Crippen LogP contribution is -2.38. The Morgan fingerprint density at radius 3 is 2.69 bits per heavy atom. The lowest BCUT2D eigenvalue weighted by molar-refractivity contribution is 0.213. The van der Waals surface area contributed by atoms with Gasteiger partial charge in [0.25, 0.3) is 0 Å². The molecule has 0 spiro atoms. The minimum absolute atomic E-state index is 0.417. The van der Waals surface area contributed by atoms with Crippen LogP contribution in [0.1, 0.15) is 19.8 Å². The van der Waals surface area contributed by atoms with E-state index in [2.05, 4.69) is 36.9 Å². The van der Waals surface area contributed by atoms with E-state index in [1.54, 1.807) is 0 Å². The first kappa shape index (κ1) is 10.5. The summed E-state index contributed by atoms with van der Waals surface area (Å²) < 4.78 is 0. The molecule has 13 heavy (non-hydrogen) atoms. The zero-order valence-corrected chi connectivity index (χ0v) is 8.82. The van der Waals surface area contributed by atoms with Gasteiger partial charge in [0.2, 0.25) is 0 Å². The molecule has 0 aromatic rings. The average Bonchev–Trinajstić information content (AvgIpc) is 2.21. The summed E-state index contributed by atoms with van der Waals surface area (Å²) in [6, 6.07) is 3.32. The fourth-order valence-corrected chi connectivity index (χ4v) is 1.77. The Bertz CT molecular complexity index is 197. The number of likely N-dealkylation sites (N-methyl/N-ethyl adjacent to an activating group) is 2. The summed E-state index contributed by atoms with van der Waals surface area (Å²) >= 11 is 0. The van der Waals surface area contributed by atoms with E-state index in [-0.39, 0.29) is 0 Å². The molecule has 74 valence electrons. The van der Waals surface area contributed by atoms with Crippen molar-refractivity contribution >= 4 is 0 Å². The molecule has 0 saturated carbocycles. The van der Waals surface area contributed by atoms with Crippen molar-refractivity contribution in [1.82, 2.24) is 9.80 Å². The van der Waals surface area contributed by atoms with E-state index >= 15 is 0 Å². The fraction of sp³-hybridized carbons (Fsp3) is 0.900. The van der Waals surface area contributed by atoms with E-state index in [9.17, 15) is 0 Å². The van der Waals surface area contributed by atoms with Crippen LogP contribution in [0.5, 0.6) is 0 Å². The van der Waals surface area contributed by atoms with Gasteiger partial charge in [0, 0.05) is 18.6 Å². The van der Waals surface area contributed by atoms with Gasteiger partial charge in [-0.05, 0) is 34.0 Å². The van der Waals surface area contributed by atoms with Gasteiger partial charge in [0.1, 0.15) is 0 Å². The molecule has 2 unspecified atom stereocenters. The van der Waals surface area contributed by atoms with Crippen molar-refractivity contribution in [3.05, 3.63) is 0 Å². The summed E-state index contributed by atoms with van der Waals surface area (Å²) in [7, 11) is 4.27. The molecular weight excluding hydrogens is 162 g/mol. The lowest BCUT2D eigenvalue weighted by atomic mass is 10.2. The van der Waals surface area contributed by atoms with Crippen molar-refractivity contribution in [2.24, 2.45) is 0 Å². The van der Waals surface area contributed by atoms with Gasteiger partial charge in [-0.3, -0.25) is 0 Å². The van der Waals surface area contributed by atoms with Crippen molar-refractivity contribution in [3.8, 4) is 6.07 Å². The molecule has 0 radical (unpaired) electrons. The van der Waals surface area contributed by atoms with Crippen molar-refractivity contribution in [2.45, 2.75) is 31.8 Å². The fourth-order valence-electron chi connectivity index (χ4n) is 1.77. The van der Waals surface area contributed by atoms with Crippen molar-refractivity contribution < 1.29 is 0 Å². The monoisotopic (exact) mass is 181 g/mol. The molecule has 1 saturated heterocycles. The maximum absolute atomic E-state index is 8.69. The van der Waals surface area contributed by atoms with Crippen LogP contribution in [0.3, 0.4) is 0 Å². The number of rotatable bonds is 1. The SMILES string of the molecule is CC1CCN(C)C(CC#N)CN1C. The molecular formula is C10H19N3. The first-order chi connectivity index (χ1) is 6.15. The van der Waals surface area contributed by atoms with Crippen LogP contribution in [0.15, 0.2) is 0 Å². The normalized spacial score (nSPS) is 32.5. The van der Waals surface area contributed by atoms with E-state index in [1.807, 2.05) is 0 Å². The highest BCUT2D eigenvalue weighted by molar-refractivity contribution is 4.87. The number of nitrogens with zero attached hydrogens (tertiary/aromatic N) is 3. The molecule has 1 heterocycles. The lowest BCUT2D eigenvalue weighted by Gasteiger charge is -2.26. The summed E-state index contributed by atoms with van der Waals surface area (Å²) in [4.78, 5) is 4.66. The molecule has 0 N–H and O–H groups in total. The summed E-state index contributed by atoms with van der Waals surface area (Å²) in [5, 5.41) is 8.69. The molecule has 1 fully saturated rings. The maximum Gasteiger partial charge on any atom is 0.0638 e. The Balaban J connectivity index is 2.58. The summed E-state index contributed by atoms with van der Waals surface area (Å²) in [5.74, 6) is 0. The second kappa shape index (κ2) is 4.59. The van der Waals surface area contributed by atoms with Crippen LogP contribution in [0.25, 0.3) is 0 Å². The summed E-state index contributed by atoms with van der Waals surface area (Å²) in [6.45, 7) is 4.38. The second-order valence-electron chi connectivity index (χ2n) is 4.07.